The predicted molar refractivity (Wildman–Crippen MR) is 81.7 cm³/mol. The second-order valence-corrected chi connectivity index (χ2v) is 4.94. The summed E-state index contributed by atoms with van der Waals surface area (Å²) in [5.74, 6) is -0.417. The number of benzene rings is 2. The summed E-state index contributed by atoms with van der Waals surface area (Å²) in [5, 5.41) is 1.04. The van der Waals surface area contributed by atoms with Crippen LogP contribution in [-0.4, -0.2) is 5.97 Å². The quantitative estimate of drug-likeness (QED) is 0.602. The lowest BCUT2D eigenvalue weighted by Gasteiger charge is -2.02. The first-order chi connectivity index (χ1) is 9.65. The van der Waals surface area contributed by atoms with Crippen LogP contribution < -0.4 is 0 Å². The van der Waals surface area contributed by atoms with Crippen LogP contribution in [0.2, 0.25) is 10.0 Å². The van der Waals surface area contributed by atoms with Crippen LogP contribution in [0.25, 0.3) is 6.08 Å². The molecule has 0 aliphatic heterocycles. The van der Waals surface area contributed by atoms with E-state index >= 15 is 0 Å². The number of hydrogen-bond acceptors (Lipinski definition) is 2. The lowest BCUT2D eigenvalue weighted by molar-refractivity contribution is -0.138. The van der Waals surface area contributed by atoms with Crippen LogP contribution in [0.3, 0.4) is 0 Å². The van der Waals surface area contributed by atoms with Crippen LogP contribution in [0.5, 0.6) is 0 Å². The van der Waals surface area contributed by atoms with Crippen molar-refractivity contribution in [2.75, 3.05) is 0 Å². The van der Waals surface area contributed by atoms with E-state index in [1.54, 1.807) is 24.3 Å². The zero-order valence-electron chi connectivity index (χ0n) is 10.6. The van der Waals surface area contributed by atoms with Crippen LogP contribution in [0.15, 0.2) is 54.6 Å². The summed E-state index contributed by atoms with van der Waals surface area (Å²) < 4.78 is 5.12. The van der Waals surface area contributed by atoms with Gasteiger partial charge in [0.15, 0.2) is 0 Å². The highest BCUT2D eigenvalue weighted by Crippen LogP contribution is 2.21. The van der Waals surface area contributed by atoms with E-state index in [2.05, 4.69) is 0 Å². The Labute approximate surface area is 127 Å². The van der Waals surface area contributed by atoms with Crippen molar-refractivity contribution in [1.29, 1.82) is 0 Å². The molecular formula is C16H12Cl2O2. The number of rotatable bonds is 4. The topological polar surface area (TPSA) is 26.3 Å². The van der Waals surface area contributed by atoms with Crippen LogP contribution in [0, 0.1) is 0 Å². The van der Waals surface area contributed by atoms with Crippen molar-refractivity contribution in [3.8, 4) is 0 Å². The third kappa shape index (κ3) is 4.41. The lowest BCUT2D eigenvalue weighted by Crippen LogP contribution is -2.00. The monoisotopic (exact) mass is 306 g/mol. The van der Waals surface area contributed by atoms with Crippen molar-refractivity contribution >= 4 is 35.2 Å². The summed E-state index contributed by atoms with van der Waals surface area (Å²) in [6.07, 6.45) is 2.95. The molecule has 0 saturated heterocycles. The molecule has 2 rings (SSSR count). The molecular weight excluding hydrogens is 295 g/mol. The second-order valence-electron chi connectivity index (χ2n) is 4.09. The fourth-order valence-corrected chi connectivity index (χ4v) is 2.04. The molecule has 2 aromatic rings. The molecule has 0 aliphatic rings. The van der Waals surface area contributed by atoms with Gasteiger partial charge in [-0.1, -0.05) is 59.6 Å². The number of ether oxygens (including phenoxy) is 1. The zero-order chi connectivity index (χ0) is 14.4. The molecule has 20 heavy (non-hydrogen) atoms. The number of halogens is 2. The van der Waals surface area contributed by atoms with Gasteiger partial charge in [-0.3, -0.25) is 0 Å². The van der Waals surface area contributed by atoms with Gasteiger partial charge >= 0.3 is 5.97 Å². The van der Waals surface area contributed by atoms with E-state index < -0.39 is 5.97 Å². The fraction of sp³-hybridized carbons (Fsp3) is 0.0625. The molecule has 0 amide bonds. The molecule has 0 bridgehead atoms. The average Bonchev–Trinajstić information content (AvgIpc) is 2.45. The summed E-state index contributed by atoms with van der Waals surface area (Å²) in [5.41, 5.74) is 1.66. The standard InChI is InChI=1S/C16H12Cl2O2/c17-14-8-6-13(15(18)10-14)7-9-16(19)20-11-12-4-2-1-3-5-12/h1-10H,11H2. The molecule has 0 radical (unpaired) electrons. The first-order valence-corrected chi connectivity index (χ1v) is 6.74. The molecule has 0 spiro atoms. The Bertz CT molecular complexity index is 622. The van der Waals surface area contributed by atoms with E-state index in [1.165, 1.54) is 6.08 Å². The van der Waals surface area contributed by atoms with Gasteiger partial charge in [0.2, 0.25) is 0 Å². The summed E-state index contributed by atoms with van der Waals surface area (Å²) in [6, 6.07) is 14.6. The highest BCUT2D eigenvalue weighted by Gasteiger charge is 2.01. The lowest BCUT2D eigenvalue weighted by atomic mass is 10.2. The molecule has 0 fully saturated rings. The van der Waals surface area contributed by atoms with Crippen LogP contribution in [0.1, 0.15) is 11.1 Å². The molecule has 0 heterocycles. The Balaban J connectivity index is 1.92. The summed E-state index contributed by atoms with van der Waals surface area (Å²) in [7, 11) is 0. The van der Waals surface area contributed by atoms with Gasteiger partial charge in [-0.15, -0.1) is 0 Å². The van der Waals surface area contributed by atoms with Gasteiger partial charge in [0.1, 0.15) is 6.61 Å². The molecule has 0 unspecified atom stereocenters. The number of carbonyl (C=O) groups excluding carboxylic acids is 1. The van der Waals surface area contributed by atoms with E-state index in [0.717, 1.165) is 5.56 Å². The molecule has 0 saturated carbocycles. The molecule has 0 N–H and O–H groups in total. The van der Waals surface area contributed by atoms with Crippen molar-refractivity contribution < 1.29 is 9.53 Å². The molecule has 102 valence electrons. The third-order valence-electron chi connectivity index (χ3n) is 2.59. The van der Waals surface area contributed by atoms with Crippen molar-refractivity contribution in [2.24, 2.45) is 0 Å². The second kappa shape index (κ2) is 7.13. The van der Waals surface area contributed by atoms with Gasteiger partial charge in [-0.25, -0.2) is 4.79 Å². The fourth-order valence-electron chi connectivity index (χ4n) is 1.57. The summed E-state index contributed by atoms with van der Waals surface area (Å²) in [6.45, 7) is 0.248. The van der Waals surface area contributed by atoms with Gasteiger partial charge in [-0.05, 0) is 29.3 Å². The molecule has 0 atom stereocenters. The molecule has 0 aliphatic carbocycles. The van der Waals surface area contributed by atoms with Gasteiger partial charge in [0.25, 0.3) is 0 Å². The Kier molecular flexibility index (Phi) is 5.22. The van der Waals surface area contributed by atoms with E-state index in [9.17, 15) is 4.79 Å². The maximum atomic E-state index is 11.6. The molecule has 4 heteroatoms. The van der Waals surface area contributed by atoms with E-state index in [4.69, 9.17) is 27.9 Å². The van der Waals surface area contributed by atoms with Crippen molar-refractivity contribution in [3.05, 3.63) is 75.8 Å². The third-order valence-corrected chi connectivity index (χ3v) is 3.15. The normalized spacial score (nSPS) is 10.7. The predicted octanol–water partition coefficient (Wildman–Crippen LogP) is 4.75. The minimum absolute atomic E-state index is 0.248. The first kappa shape index (κ1) is 14.6. The Morgan fingerprint density at radius 2 is 1.85 bits per heavy atom. The molecule has 2 nitrogen and oxygen atoms in total. The highest BCUT2D eigenvalue weighted by molar-refractivity contribution is 6.35. The van der Waals surface area contributed by atoms with Gasteiger partial charge in [0, 0.05) is 16.1 Å². The highest BCUT2D eigenvalue weighted by atomic mass is 35.5. The minimum atomic E-state index is -0.417. The summed E-state index contributed by atoms with van der Waals surface area (Å²) in [4.78, 5) is 11.6. The smallest absolute Gasteiger partial charge is 0.331 e. The van der Waals surface area contributed by atoms with Crippen LogP contribution >= 0.6 is 23.2 Å². The minimum Gasteiger partial charge on any atom is -0.458 e. The van der Waals surface area contributed by atoms with Gasteiger partial charge in [0.05, 0.1) is 0 Å². The number of hydrogen-bond donors (Lipinski definition) is 0. The largest absolute Gasteiger partial charge is 0.458 e. The summed E-state index contributed by atoms with van der Waals surface area (Å²) >= 11 is 11.8. The Hall–Kier alpha value is -1.77. The number of esters is 1. The maximum Gasteiger partial charge on any atom is 0.331 e. The number of carbonyl (C=O) groups is 1. The van der Waals surface area contributed by atoms with E-state index in [1.807, 2.05) is 30.3 Å². The maximum absolute atomic E-state index is 11.6. The van der Waals surface area contributed by atoms with Crippen LogP contribution in [-0.2, 0) is 16.1 Å². The first-order valence-electron chi connectivity index (χ1n) is 5.99. The van der Waals surface area contributed by atoms with Crippen molar-refractivity contribution in [2.45, 2.75) is 6.61 Å². The van der Waals surface area contributed by atoms with Gasteiger partial charge < -0.3 is 4.74 Å². The van der Waals surface area contributed by atoms with Crippen molar-refractivity contribution in [3.63, 3.8) is 0 Å². The van der Waals surface area contributed by atoms with Crippen molar-refractivity contribution in [1.82, 2.24) is 0 Å². The van der Waals surface area contributed by atoms with E-state index in [0.29, 0.717) is 15.6 Å². The Morgan fingerprint density at radius 3 is 2.55 bits per heavy atom. The molecule has 2 aromatic carbocycles. The zero-order valence-corrected chi connectivity index (χ0v) is 12.1. The van der Waals surface area contributed by atoms with Gasteiger partial charge in [-0.2, -0.15) is 0 Å². The Morgan fingerprint density at radius 1 is 1.10 bits per heavy atom. The SMILES string of the molecule is O=C(C=Cc1ccc(Cl)cc1Cl)OCc1ccccc1. The average molecular weight is 307 g/mol. The molecule has 0 aromatic heterocycles. The van der Waals surface area contributed by atoms with Crippen LogP contribution in [0.4, 0.5) is 0 Å². The van der Waals surface area contributed by atoms with E-state index in [-0.39, 0.29) is 6.61 Å².